The Kier molecular flexibility index (Phi) is 3.85. The van der Waals surface area contributed by atoms with Crippen molar-refractivity contribution in [1.82, 2.24) is 9.88 Å². The molecule has 118 valence electrons. The van der Waals surface area contributed by atoms with Crippen LogP contribution in [0.1, 0.15) is 51.6 Å². The van der Waals surface area contributed by atoms with E-state index < -0.39 is 5.60 Å². The second-order valence-corrected chi connectivity index (χ2v) is 7.01. The lowest BCUT2D eigenvalue weighted by molar-refractivity contribution is 0.00953. The fraction of sp³-hybridized carbons (Fsp3) is 0.500. The molecule has 1 saturated heterocycles. The van der Waals surface area contributed by atoms with Gasteiger partial charge in [0.15, 0.2) is 0 Å². The quantitative estimate of drug-likeness (QED) is 0.834. The number of hydrogen-bond donors (Lipinski definition) is 1. The number of ether oxygens (including phenoxy) is 1. The summed E-state index contributed by atoms with van der Waals surface area (Å²) in [4.78, 5) is 17.6. The normalized spacial score (nSPS) is 19.4. The van der Waals surface area contributed by atoms with Crippen LogP contribution < -0.4 is 0 Å². The minimum absolute atomic E-state index is 0.114. The molecule has 4 nitrogen and oxygen atoms in total. The topological polar surface area (TPSA) is 45.3 Å². The second kappa shape index (κ2) is 5.67. The molecule has 1 aromatic carbocycles. The van der Waals surface area contributed by atoms with Crippen molar-refractivity contribution in [3.05, 3.63) is 36.0 Å². The van der Waals surface area contributed by atoms with E-state index in [4.69, 9.17) is 4.74 Å². The Labute approximate surface area is 131 Å². The van der Waals surface area contributed by atoms with E-state index in [0.29, 0.717) is 0 Å². The molecule has 4 heteroatoms. The monoisotopic (exact) mass is 300 g/mol. The largest absolute Gasteiger partial charge is 0.444 e. The number of aromatic nitrogens is 1. The molecule has 22 heavy (non-hydrogen) atoms. The number of amides is 1. The smallest absolute Gasteiger partial charge is 0.410 e. The SMILES string of the molecule is CC(C)(C)OC(=O)N1CCCC[C@H]1c1ccc2[nH]ccc2c1. The molecular weight excluding hydrogens is 276 g/mol. The Morgan fingerprint density at radius 2 is 2.09 bits per heavy atom. The number of nitrogens with one attached hydrogen (secondary N) is 1. The summed E-state index contributed by atoms with van der Waals surface area (Å²) in [5.74, 6) is 0. The van der Waals surface area contributed by atoms with Crippen LogP contribution in [0.4, 0.5) is 4.79 Å². The van der Waals surface area contributed by atoms with E-state index in [2.05, 4.69) is 29.2 Å². The van der Waals surface area contributed by atoms with E-state index in [1.165, 1.54) is 10.9 Å². The predicted octanol–water partition coefficient (Wildman–Crippen LogP) is 4.63. The minimum Gasteiger partial charge on any atom is -0.444 e. The third-order valence-electron chi connectivity index (χ3n) is 4.09. The van der Waals surface area contributed by atoms with E-state index >= 15 is 0 Å². The van der Waals surface area contributed by atoms with Crippen LogP contribution in [-0.2, 0) is 4.74 Å². The highest BCUT2D eigenvalue weighted by atomic mass is 16.6. The summed E-state index contributed by atoms with van der Waals surface area (Å²) in [6.45, 7) is 6.51. The van der Waals surface area contributed by atoms with Crippen molar-refractivity contribution >= 4 is 17.0 Å². The number of hydrogen-bond acceptors (Lipinski definition) is 2. The highest BCUT2D eigenvalue weighted by Crippen LogP contribution is 2.33. The number of H-pyrrole nitrogens is 1. The number of piperidine rings is 1. The first-order valence-electron chi connectivity index (χ1n) is 8.01. The average molecular weight is 300 g/mol. The molecule has 1 aliphatic rings. The third kappa shape index (κ3) is 3.11. The Hall–Kier alpha value is -1.97. The number of carbonyl (C=O) groups is 1. The lowest BCUT2D eigenvalue weighted by atomic mass is 9.95. The van der Waals surface area contributed by atoms with Gasteiger partial charge in [-0.25, -0.2) is 4.79 Å². The van der Waals surface area contributed by atoms with E-state index in [-0.39, 0.29) is 12.1 Å². The maximum Gasteiger partial charge on any atom is 0.410 e. The molecule has 3 rings (SSSR count). The molecule has 1 atom stereocenters. The number of nitrogens with zero attached hydrogens (tertiary/aromatic N) is 1. The number of likely N-dealkylation sites (tertiary alicyclic amines) is 1. The standard InChI is InChI=1S/C18H24N2O2/c1-18(2,3)22-17(21)20-11-5-4-6-16(20)14-7-8-15-13(12-14)9-10-19-15/h7-10,12,16,19H,4-6,11H2,1-3H3/t16-/m0/s1. The second-order valence-electron chi connectivity index (χ2n) is 7.01. The van der Waals surface area contributed by atoms with E-state index in [1.54, 1.807) is 0 Å². The molecule has 1 aliphatic heterocycles. The molecule has 0 saturated carbocycles. The molecule has 0 bridgehead atoms. The zero-order chi connectivity index (χ0) is 15.7. The number of rotatable bonds is 1. The molecule has 0 spiro atoms. The third-order valence-corrected chi connectivity index (χ3v) is 4.09. The molecule has 0 radical (unpaired) electrons. The lowest BCUT2D eigenvalue weighted by Crippen LogP contribution is -2.41. The Morgan fingerprint density at radius 1 is 1.27 bits per heavy atom. The molecule has 0 unspecified atom stereocenters. The van der Waals surface area contributed by atoms with Gasteiger partial charge >= 0.3 is 6.09 Å². The van der Waals surface area contributed by atoms with Gasteiger partial charge in [-0.05, 0) is 69.2 Å². The zero-order valence-corrected chi connectivity index (χ0v) is 13.6. The first-order valence-corrected chi connectivity index (χ1v) is 8.01. The molecule has 0 aliphatic carbocycles. The minimum atomic E-state index is -0.455. The van der Waals surface area contributed by atoms with Crippen molar-refractivity contribution in [3.8, 4) is 0 Å². The van der Waals surface area contributed by atoms with Gasteiger partial charge in [-0.3, -0.25) is 0 Å². The maximum absolute atomic E-state index is 12.5. The van der Waals surface area contributed by atoms with Crippen molar-refractivity contribution in [1.29, 1.82) is 0 Å². The number of carbonyl (C=O) groups excluding carboxylic acids is 1. The number of benzene rings is 1. The molecule has 2 aromatic rings. The van der Waals surface area contributed by atoms with Crippen molar-refractivity contribution in [3.63, 3.8) is 0 Å². The summed E-state index contributed by atoms with van der Waals surface area (Å²) in [5, 5.41) is 1.19. The van der Waals surface area contributed by atoms with E-state index in [9.17, 15) is 4.79 Å². The van der Waals surface area contributed by atoms with Gasteiger partial charge in [-0.15, -0.1) is 0 Å². The van der Waals surface area contributed by atoms with Crippen LogP contribution >= 0.6 is 0 Å². The van der Waals surface area contributed by atoms with Crippen LogP contribution in [0.25, 0.3) is 10.9 Å². The molecule has 1 N–H and O–H groups in total. The van der Waals surface area contributed by atoms with Gasteiger partial charge < -0.3 is 14.6 Å². The highest BCUT2D eigenvalue weighted by Gasteiger charge is 2.31. The Bertz CT molecular complexity index is 669. The fourth-order valence-electron chi connectivity index (χ4n) is 3.10. The Balaban J connectivity index is 1.86. The summed E-state index contributed by atoms with van der Waals surface area (Å²) in [6, 6.07) is 8.57. The molecule has 1 amide bonds. The summed E-state index contributed by atoms with van der Waals surface area (Å²) < 4.78 is 5.58. The van der Waals surface area contributed by atoms with E-state index in [1.807, 2.05) is 31.9 Å². The van der Waals surface area contributed by atoms with Crippen LogP contribution in [0.5, 0.6) is 0 Å². The maximum atomic E-state index is 12.5. The molecule has 2 heterocycles. The van der Waals surface area contributed by atoms with Crippen molar-refractivity contribution in [2.24, 2.45) is 0 Å². The van der Waals surface area contributed by atoms with Gasteiger partial charge in [0.25, 0.3) is 0 Å². The fourth-order valence-corrected chi connectivity index (χ4v) is 3.10. The number of aromatic amines is 1. The predicted molar refractivity (Wildman–Crippen MR) is 87.8 cm³/mol. The molecule has 1 fully saturated rings. The molecular formula is C18H24N2O2. The lowest BCUT2D eigenvalue weighted by Gasteiger charge is -2.37. The summed E-state index contributed by atoms with van der Waals surface area (Å²) in [6.07, 6.45) is 4.93. The van der Waals surface area contributed by atoms with Crippen molar-refractivity contribution in [2.45, 2.75) is 51.7 Å². The van der Waals surface area contributed by atoms with E-state index in [0.717, 1.165) is 31.3 Å². The van der Waals surface area contributed by atoms with Crippen molar-refractivity contribution < 1.29 is 9.53 Å². The van der Waals surface area contributed by atoms with Crippen LogP contribution in [0.15, 0.2) is 30.5 Å². The average Bonchev–Trinajstić information content (AvgIpc) is 2.92. The summed E-state index contributed by atoms with van der Waals surface area (Å²) in [5.41, 5.74) is 1.87. The van der Waals surface area contributed by atoms with Crippen LogP contribution in [0.2, 0.25) is 0 Å². The van der Waals surface area contributed by atoms with Crippen LogP contribution in [0, 0.1) is 0 Å². The zero-order valence-electron chi connectivity index (χ0n) is 13.6. The van der Waals surface area contributed by atoms with Gasteiger partial charge in [-0.1, -0.05) is 6.07 Å². The van der Waals surface area contributed by atoms with Gasteiger partial charge in [-0.2, -0.15) is 0 Å². The Morgan fingerprint density at radius 3 is 2.86 bits per heavy atom. The summed E-state index contributed by atoms with van der Waals surface area (Å²) in [7, 11) is 0. The first-order chi connectivity index (χ1) is 10.4. The van der Waals surface area contributed by atoms with Crippen LogP contribution in [0.3, 0.4) is 0 Å². The highest BCUT2D eigenvalue weighted by molar-refractivity contribution is 5.80. The molecule has 1 aromatic heterocycles. The number of fused-ring (bicyclic) bond motifs is 1. The van der Waals surface area contributed by atoms with Gasteiger partial charge in [0.05, 0.1) is 6.04 Å². The summed E-state index contributed by atoms with van der Waals surface area (Å²) >= 11 is 0. The van der Waals surface area contributed by atoms with Crippen LogP contribution in [-0.4, -0.2) is 28.1 Å². The first kappa shape index (κ1) is 14.9. The van der Waals surface area contributed by atoms with Crippen molar-refractivity contribution in [2.75, 3.05) is 6.54 Å². The van der Waals surface area contributed by atoms with Gasteiger partial charge in [0.2, 0.25) is 0 Å². The van der Waals surface area contributed by atoms with Gasteiger partial charge in [0, 0.05) is 18.3 Å². The van der Waals surface area contributed by atoms with Gasteiger partial charge in [0.1, 0.15) is 5.60 Å².